The molecule has 0 heterocycles. The summed E-state index contributed by atoms with van der Waals surface area (Å²) in [4.78, 5) is 0. The summed E-state index contributed by atoms with van der Waals surface area (Å²) in [6.45, 7) is 0.920. The van der Waals surface area contributed by atoms with Crippen LogP contribution in [0.4, 0.5) is 8.78 Å². The predicted molar refractivity (Wildman–Crippen MR) is 50.0 cm³/mol. The Labute approximate surface area is 81.4 Å². The zero-order valence-corrected chi connectivity index (χ0v) is 7.87. The van der Waals surface area contributed by atoms with E-state index in [1.165, 1.54) is 24.3 Å². The minimum atomic E-state index is -2.84. The van der Waals surface area contributed by atoms with Crippen molar-refractivity contribution in [1.82, 2.24) is 0 Å². The first-order valence-electron chi connectivity index (χ1n) is 4.31. The summed E-state index contributed by atoms with van der Waals surface area (Å²) in [6.07, 6.45) is -0.783. The Morgan fingerprint density at radius 3 is 2.21 bits per heavy atom. The molecule has 0 radical (unpaired) electrons. The third kappa shape index (κ3) is 2.49. The first kappa shape index (κ1) is 11.1. The molecule has 0 bridgehead atoms. The Balaban J connectivity index is 2.89. The molecule has 0 fully saturated rings. The van der Waals surface area contributed by atoms with Crippen LogP contribution in [0.5, 0.6) is 0 Å². The van der Waals surface area contributed by atoms with Crippen molar-refractivity contribution in [2.45, 2.75) is 19.0 Å². The van der Waals surface area contributed by atoms with E-state index < -0.39 is 12.0 Å². The molecule has 78 valence electrons. The van der Waals surface area contributed by atoms with Gasteiger partial charge in [0.25, 0.3) is 5.92 Å². The van der Waals surface area contributed by atoms with Crippen molar-refractivity contribution < 1.29 is 13.9 Å². The van der Waals surface area contributed by atoms with Gasteiger partial charge in [-0.3, -0.25) is 0 Å². The van der Waals surface area contributed by atoms with E-state index in [0.717, 1.165) is 6.92 Å². The van der Waals surface area contributed by atoms with Crippen molar-refractivity contribution >= 4 is 0 Å². The Morgan fingerprint density at radius 1 is 1.36 bits per heavy atom. The Hall–Kier alpha value is -1.00. The number of rotatable bonds is 3. The molecule has 0 aliphatic heterocycles. The van der Waals surface area contributed by atoms with Crippen LogP contribution >= 0.6 is 0 Å². The third-order valence-corrected chi connectivity index (χ3v) is 2.03. The SMILES string of the molecule is CC(F)(F)c1ccc(C(O)CN)cc1. The van der Waals surface area contributed by atoms with Crippen LogP contribution in [-0.2, 0) is 5.92 Å². The first-order valence-corrected chi connectivity index (χ1v) is 4.31. The van der Waals surface area contributed by atoms with Crippen molar-refractivity contribution in [3.63, 3.8) is 0 Å². The molecule has 14 heavy (non-hydrogen) atoms. The second-order valence-electron chi connectivity index (χ2n) is 3.26. The maximum Gasteiger partial charge on any atom is 0.270 e. The van der Waals surface area contributed by atoms with Crippen molar-refractivity contribution in [1.29, 1.82) is 0 Å². The molecule has 3 N–H and O–H groups in total. The van der Waals surface area contributed by atoms with Crippen molar-refractivity contribution in [3.8, 4) is 0 Å². The number of aliphatic hydroxyl groups excluding tert-OH is 1. The van der Waals surface area contributed by atoms with E-state index in [4.69, 9.17) is 5.73 Å². The molecular weight excluding hydrogens is 188 g/mol. The molecule has 1 unspecified atom stereocenters. The van der Waals surface area contributed by atoms with Crippen LogP contribution in [0.3, 0.4) is 0 Å². The number of alkyl halides is 2. The van der Waals surface area contributed by atoms with E-state index in [9.17, 15) is 13.9 Å². The molecular formula is C10H13F2NO. The minimum Gasteiger partial charge on any atom is -0.387 e. The lowest BCUT2D eigenvalue weighted by Crippen LogP contribution is -2.12. The van der Waals surface area contributed by atoms with Crippen LogP contribution in [-0.4, -0.2) is 11.7 Å². The van der Waals surface area contributed by atoms with Crippen LogP contribution in [0, 0.1) is 0 Å². The third-order valence-electron chi connectivity index (χ3n) is 2.03. The largest absolute Gasteiger partial charge is 0.387 e. The molecule has 1 rings (SSSR count). The van der Waals surface area contributed by atoms with Gasteiger partial charge in [0, 0.05) is 19.0 Å². The molecule has 0 aromatic heterocycles. The highest BCUT2D eigenvalue weighted by atomic mass is 19.3. The molecule has 1 aromatic carbocycles. The predicted octanol–water partition coefficient (Wildman–Crippen LogP) is 1.79. The standard InChI is InChI=1S/C10H13F2NO/c1-10(11,12)8-4-2-7(3-5-8)9(14)6-13/h2-5,9,14H,6,13H2,1H3. The number of halogens is 2. The lowest BCUT2D eigenvalue weighted by atomic mass is 10.0. The smallest absolute Gasteiger partial charge is 0.270 e. The molecule has 0 saturated heterocycles. The van der Waals surface area contributed by atoms with Gasteiger partial charge < -0.3 is 10.8 Å². The van der Waals surface area contributed by atoms with Gasteiger partial charge in [-0.25, -0.2) is 8.78 Å². The van der Waals surface area contributed by atoms with Gasteiger partial charge >= 0.3 is 0 Å². The molecule has 4 heteroatoms. The highest BCUT2D eigenvalue weighted by Crippen LogP contribution is 2.27. The number of benzene rings is 1. The van der Waals surface area contributed by atoms with Gasteiger partial charge in [-0.2, -0.15) is 0 Å². The van der Waals surface area contributed by atoms with E-state index in [1.54, 1.807) is 0 Å². The van der Waals surface area contributed by atoms with Gasteiger partial charge in [0.1, 0.15) is 0 Å². The Morgan fingerprint density at radius 2 is 1.86 bits per heavy atom. The highest BCUT2D eigenvalue weighted by molar-refractivity contribution is 5.26. The summed E-state index contributed by atoms with van der Waals surface area (Å²) < 4.78 is 25.6. The van der Waals surface area contributed by atoms with Crippen molar-refractivity contribution in [2.75, 3.05) is 6.54 Å². The summed E-state index contributed by atoms with van der Waals surface area (Å²) in [5.74, 6) is -2.84. The number of hydrogen-bond acceptors (Lipinski definition) is 2. The molecule has 0 amide bonds. The van der Waals surface area contributed by atoms with Crippen LogP contribution in [0.1, 0.15) is 24.2 Å². The fourth-order valence-corrected chi connectivity index (χ4v) is 1.13. The molecule has 1 aromatic rings. The average Bonchev–Trinajstić information content (AvgIpc) is 2.15. The second kappa shape index (κ2) is 4.02. The number of hydrogen-bond donors (Lipinski definition) is 2. The van der Waals surface area contributed by atoms with E-state index in [1.807, 2.05) is 0 Å². The lowest BCUT2D eigenvalue weighted by molar-refractivity contribution is 0.0174. The maximum absolute atomic E-state index is 12.8. The van der Waals surface area contributed by atoms with Crippen LogP contribution in [0.25, 0.3) is 0 Å². The highest BCUT2D eigenvalue weighted by Gasteiger charge is 2.23. The summed E-state index contributed by atoms with van der Waals surface area (Å²) in [7, 11) is 0. The summed E-state index contributed by atoms with van der Waals surface area (Å²) in [5, 5.41) is 9.31. The average molecular weight is 201 g/mol. The molecule has 1 atom stereocenters. The van der Waals surface area contributed by atoms with E-state index >= 15 is 0 Å². The molecule has 0 saturated carbocycles. The molecule has 0 spiro atoms. The van der Waals surface area contributed by atoms with Crippen LogP contribution in [0.2, 0.25) is 0 Å². The van der Waals surface area contributed by atoms with Gasteiger partial charge in [-0.15, -0.1) is 0 Å². The monoisotopic (exact) mass is 201 g/mol. The van der Waals surface area contributed by atoms with Crippen molar-refractivity contribution in [2.24, 2.45) is 5.73 Å². The quantitative estimate of drug-likeness (QED) is 0.783. The van der Waals surface area contributed by atoms with Gasteiger partial charge in [-0.1, -0.05) is 24.3 Å². The Kier molecular flexibility index (Phi) is 3.18. The van der Waals surface area contributed by atoms with Crippen LogP contribution < -0.4 is 5.73 Å². The number of nitrogens with two attached hydrogens (primary N) is 1. The summed E-state index contributed by atoms with van der Waals surface area (Å²) in [6, 6.07) is 5.52. The molecule has 0 aliphatic carbocycles. The van der Waals surface area contributed by atoms with E-state index in [0.29, 0.717) is 5.56 Å². The fraction of sp³-hybridized carbons (Fsp3) is 0.400. The van der Waals surface area contributed by atoms with Gasteiger partial charge in [0.2, 0.25) is 0 Å². The molecule has 0 aliphatic rings. The van der Waals surface area contributed by atoms with E-state index in [2.05, 4.69) is 0 Å². The zero-order chi connectivity index (χ0) is 10.8. The fourth-order valence-electron chi connectivity index (χ4n) is 1.13. The maximum atomic E-state index is 12.8. The van der Waals surface area contributed by atoms with Crippen molar-refractivity contribution in [3.05, 3.63) is 35.4 Å². The minimum absolute atomic E-state index is 0.0644. The second-order valence-corrected chi connectivity index (χ2v) is 3.26. The first-order chi connectivity index (χ1) is 6.45. The van der Waals surface area contributed by atoms with Gasteiger partial charge in [0.05, 0.1) is 6.10 Å². The van der Waals surface area contributed by atoms with Crippen LogP contribution in [0.15, 0.2) is 24.3 Å². The summed E-state index contributed by atoms with van der Waals surface area (Å²) in [5.41, 5.74) is 5.72. The Bertz CT molecular complexity index is 292. The number of aliphatic hydroxyl groups is 1. The normalized spacial score (nSPS) is 14.1. The summed E-state index contributed by atoms with van der Waals surface area (Å²) >= 11 is 0. The van der Waals surface area contributed by atoms with Gasteiger partial charge in [0.15, 0.2) is 0 Å². The lowest BCUT2D eigenvalue weighted by Gasteiger charge is -2.12. The van der Waals surface area contributed by atoms with E-state index in [-0.39, 0.29) is 12.1 Å². The zero-order valence-electron chi connectivity index (χ0n) is 7.87. The molecule has 2 nitrogen and oxygen atoms in total. The topological polar surface area (TPSA) is 46.2 Å². The van der Waals surface area contributed by atoms with Gasteiger partial charge in [-0.05, 0) is 5.56 Å².